The maximum atomic E-state index is 12.9. The molecule has 0 aliphatic heterocycles. The Labute approximate surface area is 160 Å². The van der Waals surface area contributed by atoms with Gasteiger partial charge in [0.25, 0.3) is 0 Å². The summed E-state index contributed by atoms with van der Waals surface area (Å²) >= 11 is 0. The van der Waals surface area contributed by atoms with Crippen molar-refractivity contribution in [1.82, 2.24) is 14.8 Å². The van der Waals surface area contributed by atoms with Crippen LogP contribution in [0.15, 0.2) is 24.7 Å². The molecule has 2 atom stereocenters. The molecule has 6 nitrogen and oxygen atoms in total. The number of hydrogen-bond acceptors (Lipinski definition) is 5. The molecule has 0 saturated heterocycles. The summed E-state index contributed by atoms with van der Waals surface area (Å²) < 4.78 is 50.6. The number of aldehydes is 1. The van der Waals surface area contributed by atoms with Gasteiger partial charge in [0, 0.05) is 23.7 Å². The Morgan fingerprint density at radius 3 is 2.71 bits per heavy atom. The van der Waals surface area contributed by atoms with Crippen molar-refractivity contribution in [3.63, 3.8) is 0 Å². The highest BCUT2D eigenvalue weighted by atomic mass is 19.4. The van der Waals surface area contributed by atoms with E-state index in [1.807, 2.05) is 0 Å². The molecule has 0 spiro atoms. The largest absolute Gasteiger partial charge is 0.494 e. The molecule has 0 aromatic carbocycles. The summed E-state index contributed by atoms with van der Waals surface area (Å²) in [6.45, 7) is -0.827. The van der Waals surface area contributed by atoms with Gasteiger partial charge in [-0.3, -0.25) is 14.5 Å². The Balaban J connectivity index is 1.77. The Hall–Kier alpha value is -2.58. The van der Waals surface area contributed by atoms with Crippen LogP contribution in [0.3, 0.4) is 0 Å². The number of aromatic nitrogens is 3. The summed E-state index contributed by atoms with van der Waals surface area (Å²) in [5.74, 6) is 0.554. The molecule has 2 heterocycles. The molecule has 1 aliphatic carbocycles. The minimum Gasteiger partial charge on any atom is -0.494 e. The number of hydrogen-bond donors (Lipinski definition) is 0. The molecule has 0 amide bonds. The second-order valence-electron chi connectivity index (χ2n) is 6.86. The minimum absolute atomic E-state index is 0.0168. The summed E-state index contributed by atoms with van der Waals surface area (Å²) in [6.07, 6.45) is 4.12. The SMILES string of the molecule is COc1cncc(OCC2CCCCC2c2ccnn2CC(F)(F)F)c1C=O. The molecule has 3 rings (SSSR count). The van der Waals surface area contributed by atoms with Crippen LogP contribution in [0.5, 0.6) is 11.5 Å². The van der Waals surface area contributed by atoms with Crippen LogP contribution in [-0.2, 0) is 6.54 Å². The number of methoxy groups -OCH3 is 1. The normalized spacial score (nSPS) is 20.0. The molecule has 2 aromatic rings. The second kappa shape index (κ2) is 8.62. The third kappa shape index (κ3) is 4.63. The molecule has 0 bridgehead atoms. The third-order valence-electron chi connectivity index (χ3n) is 5.07. The zero-order valence-electron chi connectivity index (χ0n) is 15.5. The van der Waals surface area contributed by atoms with Gasteiger partial charge in [-0.1, -0.05) is 12.8 Å². The van der Waals surface area contributed by atoms with Crippen LogP contribution < -0.4 is 9.47 Å². The average Bonchev–Trinajstić information content (AvgIpc) is 3.12. The van der Waals surface area contributed by atoms with Crippen LogP contribution in [0.25, 0.3) is 0 Å². The number of ether oxygens (including phenoxy) is 2. The number of pyridine rings is 1. The number of alkyl halides is 3. The van der Waals surface area contributed by atoms with E-state index in [1.54, 1.807) is 6.07 Å². The standard InChI is InChI=1S/C19H22F3N3O3/c1-27-17-8-23-9-18(15(17)10-26)28-11-13-4-2-3-5-14(13)16-6-7-24-25(16)12-19(20,21)22/h6-10,13-14H,2-5,11-12H2,1H3. The first-order valence-electron chi connectivity index (χ1n) is 9.11. The van der Waals surface area contributed by atoms with Crippen LogP contribution in [0.2, 0.25) is 0 Å². The van der Waals surface area contributed by atoms with Crippen molar-refractivity contribution in [1.29, 1.82) is 0 Å². The van der Waals surface area contributed by atoms with Gasteiger partial charge in [-0.15, -0.1) is 0 Å². The van der Waals surface area contributed by atoms with Crippen LogP contribution >= 0.6 is 0 Å². The molecular weight excluding hydrogens is 375 g/mol. The predicted molar refractivity (Wildman–Crippen MR) is 94.7 cm³/mol. The summed E-state index contributed by atoms with van der Waals surface area (Å²) in [5.41, 5.74) is 0.844. The molecule has 0 N–H and O–H groups in total. The van der Waals surface area contributed by atoms with E-state index in [0.29, 0.717) is 23.5 Å². The lowest BCUT2D eigenvalue weighted by molar-refractivity contribution is -0.143. The fourth-order valence-corrected chi connectivity index (χ4v) is 3.78. The van der Waals surface area contributed by atoms with Crippen molar-refractivity contribution in [3.05, 3.63) is 35.9 Å². The van der Waals surface area contributed by atoms with Gasteiger partial charge in [0.15, 0.2) is 17.8 Å². The molecule has 1 saturated carbocycles. The maximum absolute atomic E-state index is 12.9. The minimum atomic E-state index is -4.33. The number of carbonyl (C=O) groups is 1. The van der Waals surface area contributed by atoms with Gasteiger partial charge in [-0.2, -0.15) is 18.3 Å². The molecule has 2 aromatic heterocycles. The smallest absolute Gasteiger partial charge is 0.408 e. The van der Waals surface area contributed by atoms with Gasteiger partial charge >= 0.3 is 6.18 Å². The molecule has 0 radical (unpaired) electrons. The Morgan fingerprint density at radius 2 is 2.00 bits per heavy atom. The molecule has 152 valence electrons. The van der Waals surface area contributed by atoms with Crippen LogP contribution in [0.1, 0.15) is 47.7 Å². The van der Waals surface area contributed by atoms with Gasteiger partial charge < -0.3 is 9.47 Å². The van der Waals surface area contributed by atoms with Gasteiger partial charge in [0.1, 0.15) is 12.1 Å². The Morgan fingerprint density at radius 1 is 1.25 bits per heavy atom. The van der Waals surface area contributed by atoms with E-state index in [-0.39, 0.29) is 24.0 Å². The molecule has 1 aliphatic rings. The first-order valence-corrected chi connectivity index (χ1v) is 9.11. The molecule has 9 heteroatoms. The molecule has 2 unspecified atom stereocenters. The highest BCUT2D eigenvalue weighted by molar-refractivity contribution is 5.83. The molecular formula is C19H22F3N3O3. The second-order valence-corrected chi connectivity index (χ2v) is 6.86. The quantitative estimate of drug-likeness (QED) is 0.661. The Bertz CT molecular complexity index is 807. The van der Waals surface area contributed by atoms with Gasteiger partial charge in [0.05, 0.1) is 26.1 Å². The van der Waals surface area contributed by atoms with E-state index in [2.05, 4.69) is 10.1 Å². The number of nitrogens with zero attached hydrogens (tertiary/aromatic N) is 3. The number of halogens is 3. The lowest BCUT2D eigenvalue weighted by atomic mass is 9.78. The van der Waals surface area contributed by atoms with Gasteiger partial charge in [0.2, 0.25) is 0 Å². The van der Waals surface area contributed by atoms with Crippen molar-refractivity contribution >= 4 is 6.29 Å². The fourth-order valence-electron chi connectivity index (χ4n) is 3.78. The van der Waals surface area contributed by atoms with Crippen LogP contribution in [0.4, 0.5) is 13.2 Å². The third-order valence-corrected chi connectivity index (χ3v) is 5.07. The number of carbonyl (C=O) groups excluding carboxylic acids is 1. The van der Waals surface area contributed by atoms with Gasteiger partial charge in [-0.25, -0.2) is 0 Å². The lowest BCUT2D eigenvalue weighted by Crippen LogP contribution is -2.28. The highest BCUT2D eigenvalue weighted by Gasteiger charge is 2.34. The van der Waals surface area contributed by atoms with E-state index in [9.17, 15) is 18.0 Å². The topological polar surface area (TPSA) is 66.2 Å². The zero-order valence-corrected chi connectivity index (χ0v) is 15.5. The maximum Gasteiger partial charge on any atom is 0.408 e. The van der Waals surface area contributed by atoms with Crippen LogP contribution in [0, 0.1) is 5.92 Å². The van der Waals surface area contributed by atoms with Crippen molar-refractivity contribution in [2.24, 2.45) is 5.92 Å². The Kier molecular flexibility index (Phi) is 6.21. The predicted octanol–water partition coefficient (Wildman–Crippen LogP) is 4.01. The van der Waals surface area contributed by atoms with E-state index in [4.69, 9.17) is 9.47 Å². The highest BCUT2D eigenvalue weighted by Crippen LogP contribution is 2.39. The van der Waals surface area contributed by atoms with Crippen molar-refractivity contribution in [2.45, 2.75) is 44.3 Å². The first kappa shape index (κ1) is 20.2. The summed E-state index contributed by atoms with van der Waals surface area (Å²) in [5, 5.41) is 3.86. The van der Waals surface area contributed by atoms with Crippen molar-refractivity contribution in [2.75, 3.05) is 13.7 Å². The van der Waals surface area contributed by atoms with Crippen LogP contribution in [-0.4, -0.2) is 40.9 Å². The summed E-state index contributed by atoms with van der Waals surface area (Å²) in [7, 11) is 1.44. The zero-order chi connectivity index (χ0) is 20.1. The van der Waals surface area contributed by atoms with E-state index >= 15 is 0 Å². The van der Waals surface area contributed by atoms with E-state index in [1.165, 1.54) is 25.7 Å². The molecule has 28 heavy (non-hydrogen) atoms. The van der Waals surface area contributed by atoms with Crippen molar-refractivity contribution in [3.8, 4) is 11.5 Å². The molecule has 1 fully saturated rings. The fraction of sp³-hybridized carbons (Fsp3) is 0.526. The lowest BCUT2D eigenvalue weighted by Gasteiger charge is -2.32. The number of rotatable bonds is 7. The monoisotopic (exact) mass is 397 g/mol. The summed E-state index contributed by atoms with van der Waals surface area (Å²) in [4.78, 5) is 15.4. The average molecular weight is 397 g/mol. The van der Waals surface area contributed by atoms with E-state index < -0.39 is 12.7 Å². The van der Waals surface area contributed by atoms with E-state index in [0.717, 1.165) is 30.4 Å². The van der Waals surface area contributed by atoms with Crippen molar-refractivity contribution < 1.29 is 27.4 Å². The van der Waals surface area contributed by atoms with Gasteiger partial charge in [-0.05, 0) is 18.9 Å². The summed E-state index contributed by atoms with van der Waals surface area (Å²) in [6, 6.07) is 1.65. The first-order chi connectivity index (χ1) is 13.4.